The number of anilines is 2. The largest absolute Gasteiger partial charge is 0.392 e. The second kappa shape index (κ2) is 4.20. The molecule has 3 rings (SSSR count). The maximum atomic E-state index is 9.76. The molecular formula is C13H19N3O. The molecule has 17 heavy (non-hydrogen) atoms. The van der Waals surface area contributed by atoms with Crippen molar-refractivity contribution >= 4 is 11.4 Å². The number of hydrogen-bond acceptors (Lipinski definition) is 4. The Hall–Kier alpha value is -1.26. The summed E-state index contributed by atoms with van der Waals surface area (Å²) in [6, 6.07) is 8.34. The van der Waals surface area contributed by atoms with Crippen LogP contribution in [0.3, 0.4) is 0 Å². The van der Waals surface area contributed by atoms with Gasteiger partial charge in [-0.3, -0.25) is 4.90 Å². The summed E-state index contributed by atoms with van der Waals surface area (Å²) in [5, 5.41) is 13.3. The van der Waals surface area contributed by atoms with Gasteiger partial charge >= 0.3 is 0 Å². The monoisotopic (exact) mass is 233 g/mol. The molecule has 2 N–H and O–H groups in total. The summed E-state index contributed by atoms with van der Waals surface area (Å²) in [6.07, 6.45) is 2.01. The van der Waals surface area contributed by atoms with E-state index in [2.05, 4.69) is 40.4 Å². The van der Waals surface area contributed by atoms with Crippen LogP contribution in [-0.4, -0.2) is 42.5 Å². The highest BCUT2D eigenvalue weighted by atomic mass is 16.3. The lowest BCUT2D eigenvalue weighted by Gasteiger charge is -2.38. The summed E-state index contributed by atoms with van der Waals surface area (Å²) >= 11 is 0. The van der Waals surface area contributed by atoms with Crippen LogP contribution in [0.2, 0.25) is 0 Å². The minimum atomic E-state index is -0.178. The molecule has 1 aromatic carbocycles. The van der Waals surface area contributed by atoms with Crippen LogP contribution in [0.15, 0.2) is 24.3 Å². The number of rotatable bonds is 1. The normalized spacial score (nSPS) is 28.9. The van der Waals surface area contributed by atoms with Crippen LogP contribution in [0.5, 0.6) is 0 Å². The highest BCUT2D eigenvalue weighted by Crippen LogP contribution is 2.34. The highest BCUT2D eigenvalue weighted by Gasteiger charge is 2.32. The third kappa shape index (κ3) is 1.87. The van der Waals surface area contributed by atoms with Gasteiger partial charge in [0.05, 0.1) is 17.5 Å². The number of benzene rings is 1. The topological polar surface area (TPSA) is 38.7 Å². The first-order chi connectivity index (χ1) is 8.25. The Bertz CT molecular complexity index is 409. The average molecular weight is 233 g/mol. The Balaban J connectivity index is 1.79. The van der Waals surface area contributed by atoms with Crippen LogP contribution in [0.4, 0.5) is 11.4 Å². The van der Waals surface area contributed by atoms with Gasteiger partial charge in [-0.1, -0.05) is 12.1 Å². The number of fused-ring (bicyclic) bond motifs is 1. The zero-order chi connectivity index (χ0) is 11.8. The van der Waals surface area contributed by atoms with E-state index in [1.807, 2.05) is 6.07 Å². The number of nitrogens with zero attached hydrogens (tertiary/aromatic N) is 2. The van der Waals surface area contributed by atoms with Gasteiger partial charge in [0, 0.05) is 20.1 Å². The Kier molecular flexibility index (Phi) is 2.68. The van der Waals surface area contributed by atoms with Crippen molar-refractivity contribution in [3.05, 3.63) is 24.3 Å². The van der Waals surface area contributed by atoms with Crippen LogP contribution in [-0.2, 0) is 0 Å². The van der Waals surface area contributed by atoms with Gasteiger partial charge in [-0.05, 0) is 25.0 Å². The van der Waals surface area contributed by atoms with Crippen LogP contribution in [0, 0.1) is 0 Å². The lowest BCUT2D eigenvalue weighted by Crippen LogP contribution is -2.53. The number of aliphatic hydroxyl groups excluding tert-OH is 1. The first kappa shape index (κ1) is 10.9. The maximum absolute atomic E-state index is 9.76. The maximum Gasteiger partial charge on any atom is 0.158 e. The van der Waals surface area contributed by atoms with E-state index < -0.39 is 0 Å². The van der Waals surface area contributed by atoms with E-state index in [1.54, 1.807) is 0 Å². The van der Waals surface area contributed by atoms with Gasteiger partial charge in [0.2, 0.25) is 0 Å². The summed E-state index contributed by atoms with van der Waals surface area (Å²) in [4.78, 5) is 4.56. The van der Waals surface area contributed by atoms with Crippen molar-refractivity contribution in [1.29, 1.82) is 0 Å². The molecule has 1 unspecified atom stereocenters. The molecule has 2 heterocycles. The van der Waals surface area contributed by atoms with E-state index >= 15 is 0 Å². The lowest BCUT2D eigenvalue weighted by atomic mass is 10.1. The molecule has 1 aromatic rings. The molecule has 4 nitrogen and oxygen atoms in total. The molecule has 0 radical (unpaired) electrons. The number of β-amino-alcohol motifs (C(OH)–C–C–N with tert-alkyl or cyclic N) is 1. The fourth-order valence-corrected chi connectivity index (χ4v) is 2.81. The minimum Gasteiger partial charge on any atom is -0.392 e. The van der Waals surface area contributed by atoms with Gasteiger partial charge in [-0.15, -0.1) is 0 Å². The molecule has 0 saturated carbocycles. The SMILES string of the molecule is CN1c2ccccc2NC1N1CCC[C@@H](O)C1. The van der Waals surface area contributed by atoms with Crippen molar-refractivity contribution in [3.63, 3.8) is 0 Å². The predicted octanol–water partition coefficient (Wildman–Crippen LogP) is 1.29. The van der Waals surface area contributed by atoms with Crippen LogP contribution in [0.25, 0.3) is 0 Å². The van der Waals surface area contributed by atoms with Gasteiger partial charge < -0.3 is 15.3 Å². The second-order valence-electron chi connectivity index (χ2n) is 4.94. The number of piperidine rings is 1. The molecule has 4 heteroatoms. The first-order valence-electron chi connectivity index (χ1n) is 6.26. The number of aliphatic hydroxyl groups is 1. The van der Waals surface area contributed by atoms with Gasteiger partial charge in [-0.25, -0.2) is 0 Å². The fraction of sp³-hybridized carbons (Fsp3) is 0.538. The van der Waals surface area contributed by atoms with E-state index in [9.17, 15) is 5.11 Å². The zero-order valence-corrected chi connectivity index (χ0v) is 10.1. The molecule has 1 saturated heterocycles. The molecule has 0 aliphatic carbocycles. The predicted molar refractivity (Wildman–Crippen MR) is 69.1 cm³/mol. The van der Waals surface area contributed by atoms with Crippen LogP contribution < -0.4 is 10.2 Å². The molecule has 0 aromatic heterocycles. The molecule has 92 valence electrons. The number of nitrogens with one attached hydrogen (secondary N) is 1. The molecule has 2 aliphatic rings. The smallest absolute Gasteiger partial charge is 0.158 e. The summed E-state index contributed by atoms with van der Waals surface area (Å²) in [5.74, 6) is 0. The van der Waals surface area contributed by atoms with Gasteiger partial charge in [0.15, 0.2) is 6.29 Å². The van der Waals surface area contributed by atoms with Crippen molar-refractivity contribution in [2.45, 2.75) is 25.2 Å². The number of likely N-dealkylation sites (tertiary alicyclic amines) is 1. The minimum absolute atomic E-state index is 0.178. The summed E-state index contributed by atoms with van der Waals surface area (Å²) in [5.41, 5.74) is 2.41. The van der Waals surface area contributed by atoms with Crippen molar-refractivity contribution < 1.29 is 5.11 Å². The summed E-state index contributed by atoms with van der Waals surface area (Å²) < 4.78 is 0. The van der Waals surface area contributed by atoms with E-state index in [0.717, 1.165) is 25.9 Å². The van der Waals surface area contributed by atoms with Crippen LogP contribution >= 0.6 is 0 Å². The molecule has 1 fully saturated rings. The Morgan fingerprint density at radius 1 is 1.35 bits per heavy atom. The Morgan fingerprint density at radius 2 is 2.18 bits per heavy atom. The number of para-hydroxylation sites is 2. The number of hydrogen-bond donors (Lipinski definition) is 2. The molecule has 2 aliphatic heterocycles. The molecular weight excluding hydrogens is 214 g/mol. The molecule has 0 amide bonds. The average Bonchev–Trinajstić information content (AvgIpc) is 2.68. The Morgan fingerprint density at radius 3 is 2.94 bits per heavy atom. The van der Waals surface area contributed by atoms with Gasteiger partial charge in [-0.2, -0.15) is 0 Å². The summed E-state index contributed by atoms with van der Waals surface area (Å²) in [6.45, 7) is 1.81. The quantitative estimate of drug-likeness (QED) is 0.766. The molecule has 2 atom stereocenters. The summed E-state index contributed by atoms with van der Waals surface area (Å²) in [7, 11) is 2.10. The third-order valence-electron chi connectivity index (χ3n) is 3.71. The third-order valence-corrected chi connectivity index (χ3v) is 3.71. The van der Waals surface area contributed by atoms with Crippen LogP contribution in [0.1, 0.15) is 12.8 Å². The first-order valence-corrected chi connectivity index (χ1v) is 6.26. The zero-order valence-electron chi connectivity index (χ0n) is 10.1. The van der Waals surface area contributed by atoms with Crippen molar-refractivity contribution in [3.8, 4) is 0 Å². The molecule has 0 bridgehead atoms. The van der Waals surface area contributed by atoms with Crippen molar-refractivity contribution in [2.24, 2.45) is 0 Å². The fourth-order valence-electron chi connectivity index (χ4n) is 2.81. The lowest BCUT2D eigenvalue weighted by molar-refractivity contribution is 0.0542. The van der Waals surface area contributed by atoms with E-state index in [1.165, 1.54) is 11.4 Å². The highest BCUT2D eigenvalue weighted by molar-refractivity contribution is 5.75. The van der Waals surface area contributed by atoms with E-state index in [0.29, 0.717) is 0 Å². The van der Waals surface area contributed by atoms with Gasteiger partial charge in [0.1, 0.15) is 0 Å². The van der Waals surface area contributed by atoms with Crippen molar-refractivity contribution in [1.82, 2.24) is 4.90 Å². The van der Waals surface area contributed by atoms with E-state index in [4.69, 9.17) is 0 Å². The van der Waals surface area contributed by atoms with Crippen molar-refractivity contribution in [2.75, 3.05) is 30.4 Å². The standard InChI is InChI=1S/C13H19N3O/c1-15-12-7-3-2-6-11(12)14-13(15)16-8-4-5-10(17)9-16/h2-3,6-7,10,13-14,17H,4-5,8-9H2,1H3/t10-,13?/m1/s1. The Labute approximate surface area is 102 Å². The second-order valence-corrected chi connectivity index (χ2v) is 4.94. The molecule has 0 spiro atoms. The van der Waals surface area contributed by atoms with Gasteiger partial charge in [0.25, 0.3) is 0 Å². The van der Waals surface area contributed by atoms with E-state index in [-0.39, 0.29) is 12.4 Å².